The average Bonchev–Trinajstić information content (AvgIpc) is 3.14. The van der Waals surface area contributed by atoms with E-state index < -0.39 is 0 Å². The van der Waals surface area contributed by atoms with Crippen LogP contribution in [0.1, 0.15) is 11.3 Å². The van der Waals surface area contributed by atoms with Crippen LogP contribution >= 0.6 is 0 Å². The molecule has 3 aromatic rings. The number of hydrogen-bond donors (Lipinski definition) is 2. The van der Waals surface area contributed by atoms with Gasteiger partial charge >= 0.3 is 0 Å². The normalized spacial score (nSPS) is 11.9. The minimum atomic E-state index is 0.270. The Labute approximate surface area is 157 Å². The Bertz CT molecular complexity index is 962. The molecule has 7 nitrogen and oxygen atoms in total. The van der Waals surface area contributed by atoms with Gasteiger partial charge in [-0.2, -0.15) is 4.98 Å². The summed E-state index contributed by atoms with van der Waals surface area (Å²) in [7, 11) is 1.64. The lowest BCUT2D eigenvalue weighted by atomic mass is 10.2. The molecule has 0 unspecified atom stereocenters. The average molecular weight is 364 g/mol. The largest absolute Gasteiger partial charge is 0.497 e. The van der Waals surface area contributed by atoms with E-state index >= 15 is 0 Å². The highest BCUT2D eigenvalue weighted by molar-refractivity contribution is 5.59. The number of anilines is 3. The zero-order valence-corrected chi connectivity index (χ0v) is 15.2. The first-order valence-electron chi connectivity index (χ1n) is 8.59. The fourth-order valence-corrected chi connectivity index (χ4v) is 2.79. The molecule has 0 atom stereocenters. The smallest absolute Gasteiger partial charge is 0.231 e. The van der Waals surface area contributed by atoms with Crippen LogP contribution < -0.4 is 24.8 Å². The molecule has 0 saturated carbocycles. The van der Waals surface area contributed by atoms with Crippen molar-refractivity contribution in [2.75, 3.05) is 24.5 Å². The number of aryl methyl sites for hydroxylation is 1. The molecule has 1 aliphatic rings. The van der Waals surface area contributed by atoms with Gasteiger partial charge in [0.1, 0.15) is 11.6 Å². The predicted molar refractivity (Wildman–Crippen MR) is 103 cm³/mol. The minimum absolute atomic E-state index is 0.270. The first-order chi connectivity index (χ1) is 13.2. The third kappa shape index (κ3) is 4.03. The van der Waals surface area contributed by atoms with Crippen LogP contribution in [0, 0.1) is 6.92 Å². The second kappa shape index (κ2) is 7.41. The lowest BCUT2D eigenvalue weighted by Gasteiger charge is -2.11. The molecule has 2 aromatic carbocycles. The van der Waals surface area contributed by atoms with E-state index in [9.17, 15) is 0 Å². The van der Waals surface area contributed by atoms with Crippen molar-refractivity contribution in [2.45, 2.75) is 13.5 Å². The standard InChI is InChI=1S/C20H20N4O3/c1-13-8-19(23-15-4-3-5-16(10-15)25-2)24-20(22-13)21-11-14-6-7-17-18(9-14)27-12-26-17/h3-10H,11-12H2,1-2H3,(H2,21,22,23,24). The van der Waals surface area contributed by atoms with E-state index in [0.717, 1.165) is 34.2 Å². The SMILES string of the molecule is COc1cccc(Nc2cc(C)nc(NCc3ccc4c(c3)OCO4)n2)c1. The number of ether oxygens (including phenoxy) is 3. The zero-order valence-electron chi connectivity index (χ0n) is 15.2. The molecule has 138 valence electrons. The number of nitrogens with one attached hydrogen (secondary N) is 2. The molecule has 0 spiro atoms. The molecule has 1 aromatic heterocycles. The van der Waals surface area contributed by atoms with Gasteiger partial charge in [0.15, 0.2) is 11.5 Å². The molecule has 0 amide bonds. The fraction of sp³-hybridized carbons (Fsp3) is 0.200. The Hall–Kier alpha value is -3.48. The third-order valence-electron chi connectivity index (χ3n) is 4.08. The summed E-state index contributed by atoms with van der Waals surface area (Å²) in [6.07, 6.45) is 0. The number of aromatic nitrogens is 2. The van der Waals surface area contributed by atoms with E-state index in [1.165, 1.54) is 0 Å². The van der Waals surface area contributed by atoms with Gasteiger partial charge in [-0.05, 0) is 36.8 Å². The van der Waals surface area contributed by atoms with Crippen LogP contribution in [-0.4, -0.2) is 23.9 Å². The van der Waals surface area contributed by atoms with E-state index in [1.54, 1.807) is 7.11 Å². The first kappa shape index (κ1) is 17.0. The van der Waals surface area contributed by atoms with Crippen LogP contribution in [0.3, 0.4) is 0 Å². The van der Waals surface area contributed by atoms with Gasteiger partial charge in [-0.25, -0.2) is 4.98 Å². The molecular formula is C20H20N4O3. The van der Waals surface area contributed by atoms with Gasteiger partial charge in [0.05, 0.1) is 7.11 Å². The maximum atomic E-state index is 5.41. The van der Waals surface area contributed by atoms with Crippen molar-refractivity contribution in [3.63, 3.8) is 0 Å². The van der Waals surface area contributed by atoms with Crippen LogP contribution in [0.15, 0.2) is 48.5 Å². The fourth-order valence-electron chi connectivity index (χ4n) is 2.79. The van der Waals surface area contributed by atoms with Crippen molar-refractivity contribution in [2.24, 2.45) is 0 Å². The van der Waals surface area contributed by atoms with E-state index in [0.29, 0.717) is 18.3 Å². The summed E-state index contributed by atoms with van der Waals surface area (Å²) in [6, 6.07) is 15.4. The second-order valence-corrected chi connectivity index (χ2v) is 6.12. The summed E-state index contributed by atoms with van der Waals surface area (Å²) in [5.41, 5.74) is 2.82. The van der Waals surface area contributed by atoms with Crippen molar-refractivity contribution in [1.29, 1.82) is 0 Å². The molecule has 2 N–H and O–H groups in total. The maximum Gasteiger partial charge on any atom is 0.231 e. The summed E-state index contributed by atoms with van der Waals surface area (Å²) in [5.74, 6) is 3.59. The molecule has 7 heteroatoms. The van der Waals surface area contributed by atoms with E-state index in [-0.39, 0.29) is 6.79 Å². The van der Waals surface area contributed by atoms with Gasteiger partial charge in [0, 0.05) is 30.1 Å². The number of rotatable bonds is 6. The highest BCUT2D eigenvalue weighted by Gasteiger charge is 2.13. The highest BCUT2D eigenvalue weighted by atomic mass is 16.7. The van der Waals surface area contributed by atoms with Crippen molar-refractivity contribution in [1.82, 2.24) is 9.97 Å². The summed E-state index contributed by atoms with van der Waals surface area (Å²) < 4.78 is 16.0. The van der Waals surface area contributed by atoms with Crippen molar-refractivity contribution >= 4 is 17.5 Å². The number of benzene rings is 2. The van der Waals surface area contributed by atoms with Crippen molar-refractivity contribution in [3.05, 3.63) is 59.8 Å². The molecule has 0 saturated heterocycles. The minimum Gasteiger partial charge on any atom is -0.497 e. The highest BCUT2D eigenvalue weighted by Crippen LogP contribution is 2.32. The van der Waals surface area contributed by atoms with Gasteiger partial charge < -0.3 is 24.8 Å². The molecule has 0 radical (unpaired) electrons. The molecule has 4 rings (SSSR count). The van der Waals surface area contributed by atoms with E-state index in [1.807, 2.05) is 55.5 Å². The lowest BCUT2D eigenvalue weighted by molar-refractivity contribution is 0.174. The summed E-state index contributed by atoms with van der Waals surface area (Å²) >= 11 is 0. The number of nitrogens with zero attached hydrogens (tertiary/aromatic N) is 2. The number of fused-ring (bicyclic) bond motifs is 1. The monoisotopic (exact) mass is 364 g/mol. The Balaban J connectivity index is 1.47. The second-order valence-electron chi connectivity index (χ2n) is 6.12. The number of methoxy groups -OCH3 is 1. The van der Waals surface area contributed by atoms with E-state index in [4.69, 9.17) is 14.2 Å². The Morgan fingerprint density at radius 2 is 1.93 bits per heavy atom. The van der Waals surface area contributed by atoms with Crippen LogP contribution in [-0.2, 0) is 6.54 Å². The Morgan fingerprint density at radius 1 is 1.04 bits per heavy atom. The van der Waals surface area contributed by atoms with E-state index in [2.05, 4.69) is 20.6 Å². The summed E-state index contributed by atoms with van der Waals surface area (Å²) in [6.45, 7) is 2.79. The van der Waals surface area contributed by atoms with Crippen LogP contribution in [0.4, 0.5) is 17.5 Å². The Kier molecular flexibility index (Phi) is 4.65. The molecule has 0 aliphatic carbocycles. The summed E-state index contributed by atoms with van der Waals surface area (Å²) in [4.78, 5) is 9.00. The lowest BCUT2D eigenvalue weighted by Crippen LogP contribution is -2.06. The van der Waals surface area contributed by atoms with Crippen LogP contribution in [0.2, 0.25) is 0 Å². The molecule has 0 fully saturated rings. The van der Waals surface area contributed by atoms with Gasteiger partial charge in [0.2, 0.25) is 12.7 Å². The molecular weight excluding hydrogens is 344 g/mol. The van der Waals surface area contributed by atoms with Crippen LogP contribution in [0.25, 0.3) is 0 Å². The molecule has 1 aliphatic heterocycles. The topological polar surface area (TPSA) is 77.5 Å². The molecule has 0 bridgehead atoms. The molecule has 2 heterocycles. The van der Waals surface area contributed by atoms with Crippen LogP contribution in [0.5, 0.6) is 17.2 Å². The maximum absolute atomic E-state index is 5.41. The first-order valence-corrected chi connectivity index (χ1v) is 8.59. The van der Waals surface area contributed by atoms with Gasteiger partial charge in [0.25, 0.3) is 0 Å². The Morgan fingerprint density at radius 3 is 2.81 bits per heavy atom. The van der Waals surface area contributed by atoms with Gasteiger partial charge in [-0.15, -0.1) is 0 Å². The third-order valence-corrected chi connectivity index (χ3v) is 4.08. The van der Waals surface area contributed by atoms with Crippen molar-refractivity contribution < 1.29 is 14.2 Å². The van der Waals surface area contributed by atoms with Gasteiger partial charge in [-0.3, -0.25) is 0 Å². The zero-order chi connectivity index (χ0) is 18.6. The van der Waals surface area contributed by atoms with Gasteiger partial charge in [-0.1, -0.05) is 12.1 Å². The predicted octanol–water partition coefficient (Wildman–Crippen LogP) is 3.88. The summed E-state index contributed by atoms with van der Waals surface area (Å²) in [5, 5.41) is 6.54. The quantitative estimate of drug-likeness (QED) is 0.687. The molecule has 27 heavy (non-hydrogen) atoms. The van der Waals surface area contributed by atoms with Crippen molar-refractivity contribution in [3.8, 4) is 17.2 Å². The number of hydrogen-bond acceptors (Lipinski definition) is 7.